The van der Waals surface area contributed by atoms with E-state index in [1.165, 1.54) is 0 Å². The standard InChI is InChI=1S/C19H17Cl3N4S/c1-11-18(24-19(27)23-14-6-3-5-13(20)9-14)12(2)26(25-11)10-15-16(21)7-4-8-17(15)22/h3-9H,10H2,1-2H3,(H2,23,24,27). The largest absolute Gasteiger partial charge is 0.332 e. The number of thiocarbonyl (C=S) groups is 1. The van der Waals surface area contributed by atoms with Crippen molar-refractivity contribution in [1.29, 1.82) is 0 Å². The van der Waals surface area contributed by atoms with E-state index in [-0.39, 0.29) is 0 Å². The number of benzene rings is 2. The van der Waals surface area contributed by atoms with Gasteiger partial charge in [-0.3, -0.25) is 4.68 Å². The number of anilines is 2. The van der Waals surface area contributed by atoms with Crippen molar-refractivity contribution in [2.45, 2.75) is 20.4 Å². The lowest BCUT2D eigenvalue weighted by Gasteiger charge is -2.12. The molecule has 0 bridgehead atoms. The van der Waals surface area contributed by atoms with Crippen molar-refractivity contribution < 1.29 is 0 Å². The van der Waals surface area contributed by atoms with Crippen LogP contribution in [-0.2, 0) is 6.54 Å². The number of halogens is 3. The van der Waals surface area contributed by atoms with Crippen LogP contribution in [-0.4, -0.2) is 14.9 Å². The molecule has 2 aromatic carbocycles. The Kier molecular flexibility index (Phi) is 6.27. The number of hydrogen-bond donors (Lipinski definition) is 2. The van der Waals surface area contributed by atoms with Gasteiger partial charge >= 0.3 is 0 Å². The van der Waals surface area contributed by atoms with Gasteiger partial charge in [-0.2, -0.15) is 5.10 Å². The van der Waals surface area contributed by atoms with Crippen LogP contribution >= 0.6 is 47.0 Å². The predicted octanol–water partition coefficient (Wildman–Crippen LogP) is 6.32. The number of aromatic nitrogens is 2. The predicted molar refractivity (Wildman–Crippen MR) is 119 cm³/mol. The first-order chi connectivity index (χ1) is 12.8. The second-order valence-electron chi connectivity index (χ2n) is 5.99. The molecule has 0 unspecified atom stereocenters. The van der Waals surface area contributed by atoms with E-state index < -0.39 is 0 Å². The Bertz CT molecular complexity index is 980. The highest BCUT2D eigenvalue weighted by Gasteiger charge is 2.15. The fourth-order valence-corrected chi connectivity index (χ4v) is 3.63. The SMILES string of the molecule is Cc1nn(Cc2c(Cl)cccc2Cl)c(C)c1NC(=S)Nc1cccc(Cl)c1. The highest BCUT2D eigenvalue weighted by molar-refractivity contribution is 7.80. The van der Waals surface area contributed by atoms with Gasteiger partial charge in [-0.15, -0.1) is 0 Å². The van der Waals surface area contributed by atoms with Crippen molar-refractivity contribution in [2.75, 3.05) is 10.6 Å². The van der Waals surface area contributed by atoms with E-state index in [0.29, 0.717) is 26.7 Å². The molecule has 0 spiro atoms. The molecule has 0 amide bonds. The summed E-state index contributed by atoms with van der Waals surface area (Å²) in [5.41, 5.74) is 4.24. The van der Waals surface area contributed by atoms with E-state index in [9.17, 15) is 0 Å². The molecule has 3 aromatic rings. The molecule has 0 atom stereocenters. The minimum Gasteiger partial charge on any atom is -0.332 e. The van der Waals surface area contributed by atoms with Crippen LogP contribution < -0.4 is 10.6 Å². The van der Waals surface area contributed by atoms with Gasteiger partial charge < -0.3 is 10.6 Å². The summed E-state index contributed by atoms with van der Waals surface area (Å²) in [6, 6.07) is 12.8. The van der Waals surface area contributed by atoms with Gasteiger partial charge in [0.05, 0.1) is 23.6 Å². The molecule has 3 rings (SSSR count). The molecule has 0 aliphatic rings. The summed E-state index contributed by atoms with van der Waals surface area (Å²) in [6.45, 7) is 4.36. The topological polar surface area (TPSA) is 41.9 Å². The van der Waals surface area contributed by atoms with Gasteiger partial charge in [-0.25, -0.2) is 0 Å². The molecule has 0 saturated carbocycles. The van der Waals surface area contributed by atoms with Crippen molar-refractivity contribution in [3.63, 3.8) is 0 Å². The molecule has 2 N–H and O–H groups in total. The number of hydrogen-bond acceptors (Lipinski definition) is 2. The first kappa shape index (κ1) is 20.0. The van der Waals surface area contributed by atoms with E-state index in [0.717, 1.165) is 28.3 Å². The highest BCUT2D eigenvalue weighted by atomic mass is 35.5. The van der Waals surface area contributed by atoms with Crippen LogP contribution in [0, 0.1) is 13.8 Å². The molecule has 140 valence electrons. The van der Waals surface area contributed by atoms with Gasteiger partial charge in [0.1, 0.15) is 0 Å². The minimum absolute atomic E-state index is 0.457. The lowest BCUT2D eigenvalue weighted by atomic mass is 10.2. The summed E-state index contributed by atoms with van der Waals surface area (Å²) in [6.07, 6.45) is 0. The maximum Gasteiger partial charge on any atom is 0.175 e. The highest BCUT2D eigenvalue weighted by Crippen LogP contribution is 2.27. The van der Waals surface area contributed by atoms with Gasteiger partial charge in [0.2, 0.25) is 0 Å². The number of nitrogens with one attached hydrogen (secondary N) is 2. The Morgan fingerprint density at radius 3 is 2.37 bits per heavy atom. The van der Waals surface area contributed by atoms with Gasteiger partial charge in [0, 0.05) is 26.3 Å². The van der Waals surface area contributed by atoms with Crippen LogP contribution in [0.25, 0.3) is 0 Å². The summed E-state index contributed by atoms with van der Waals surface area (Å²) < 4.78 is 1.85. The molecular formula is C19H17Cl3N4S. The van der Waals surface area contributed by atoms with Crippen molar-refractivity contribution in [3.8, 4) is 0 Å². The van der Waals surface area contributed by atoms with Crippen molar-refractivity contribution in [2.24, 2.45) is 0 Å². The van der Waals surface area contributed by atoms with E-state index in [1.807, 2.05) is 48.9 Å². The third-order valence-corrected chi connectivity index (χ3v) is 5.22. The Balaban J connectivity index is 1.78. The lowest BCUT2D eigenvalue weighted by Crippen LogP contribution is -2.20. The van der Waals surface area contributed by atoms with Gasteiger partial charge in [-0.1, -0.05) is 46.9 Å². The zero-order chi connectivity index (χ0) is 19.6. The summed E-state index contributed by atoms with van der Waals surface area (Å²) in [5.74, 6) is 0. The Hall–Kier alpha value is -1.79. The first-order valence-corrected chi connectivity index (χ1v) is 9.70. The third kappa shape index (κ3) is 4.74. The summed E-state index contributed by atoms with van der Waals surface area (Å²) in [4.78, 5) is 0. The van der Waals surface area contributed by atoms with Crippen molar-refractivity contribution in [1.82, 2.24) is 9.78 Å². The second kappa shape index (κ2) is 8.48. The van der Waals surface area contributed by atoms with Crippen molar-refractivity contribution >= 4 is 63.5 Å². The maximum absolute atomic E-state index is 6.28. The smallest absolute Gasteiger partial charge is 0.175 e. The first-order valence-electron chi connectivity index (χ1n) is 8.15. The summed E-state index contributed by atoms with van der Waals surface area (Å²) in [5, 5.41) is 13.2. The quantitative estimate of drug-likeness (QED) is 0.467. The lowest BCUT2D eigenvalue weighted by molar-refractivity contribution is 0.659. The van der Waals surface area contributed by atoms with E-state index in [1.54, 1.807) is 12.1 Å². The molecule has 1 aromatic heterocycles. The van der Waals surface area contributed by atoms with Crippen molar-refractivity contribution in [3.05, 3.63) is 74.5 Å². The Labute approximate surface area is 178 Å². The molecule has 0 fully saturated rings. The van der Waals surface area contributed by atoms with E-state index >= 15 is 0 Å². The number of rotatable bonds is 4. The summed E-state index contributed by atoms with van der Waals surface area (Å²) in [7, 11) is 0. The van der Waals surface area contributed by atoms with Gasteiger partial charge in [0.15, 0.2) is 5.11 Å². The van der Waals surface area contributed by atoms with E-state index in [4.69, 9.17) is 47.0 Å². The molecule has 0 aliphatic heterocycles. The van der Waals surface area contributed by atoms with E-state index in [2.05, 4.69) is 15.7 Å². The monoisotopic (exact) mass is 438 g/mol. The van der Waals surface area contributed by atoms with Crippen LogP contribution in [0.5, 0.6) is 0 Å². The minimum atomic E-state index is 0.457. The van der Waals surface area contributed by atoms with Gasteiger partial charge in [0.25, 0.3) is 0 Å². The Morgan fingerprint density at radius 1 is 1.04 bits per heavy atom. The molecule has 27 heavy (non-hydrogen) atoms. The molecule has 0 aliphatic carbocycles. The van der Waals surface area contributed by atoms with Crippen LogP contribution in [0.1, 0.15) is 17.0 Å². The molecule has 1 heterocycles. The molecule has 0 radical (unpaired) electrons. The molecular weight excluding hydrogens is 423 g/mol. The number of aryl methyl sites for hydroxylation is 1. The summed E-state index contributed by atoms with van der Waals surface area (Å²) >= 11 is 24.0. The van der Waals surface area contributed by atoms with Gasteiger partial charge in [-0.05, 0) is 56.4 Å². The van der Waals surface area contributed by atoms with Crippen LogP contribution in [0.2, 0.25) is 15.1 Å². The van der Waals surface area contributed by atoms with Crippen LogP contribution in [0.4, 0.5) is 11.4 Å². The number of nitrogens with zero attached hydrogens (tertiary/aromatic N) is 2. The zero-order valence-electron chi connectivity index (χ0n) is 14.7. The van der Waals surface area contributed by atoms with Crippen LogP contribution in [0.3, 0.4) is 0 Å². The second-order valence-corrected chi connectivity index (χ2v) is 7.65. The molecule has 4 nitrogen and oxygen atoms in total. The maximum atomic E-state index is 6.28. The van der Waals surface area contributed by atoms with Crippen LogP contribution in [0.15, 0.2) is 42.5 Å². The average molecular weight is 440 g/mol. The zero-order valence-corrected chi connectivity index (χ0v) is 17.8. The average Bonchev–Trinajstić information content (AvgIpc) is 2.86. The third-order valence-electron chi connectivity index (χ3n) is 4.07. The fourth-order valence-electron chi connectivity index (χ4n) is 2.71. The normalized spacial score (nSPS) is 10.7. The molecule has 8 heteroatoms. The Morgan fingerprint density at radius 2 is 1.70 bits per heavy atom. The fraction of sp³-hybridized carbons (Fsp3) is 0.158. The molecule has 0 saturated heterocycles.